The number of rotatable bonds is 7. The number of carbonyl (C=O) groups is 1. The number of thioether (sulfide) groups is 1. The van der Waals surface area contributed by atoms with Crippen LogP contribution in [0.2, 0.25) is 0 Å². The highest BCUT2D eigenvalue weighted by Crippen LogP contribution is 2.26. The standard InChI is InChI=1S/C26H21N5O2S2/c1-17-11-13-19(14-12-17)31-25(33)20-9-5-6-10-21(20)28-26(31)34-16-22-29-30-24(35-22)23(32)27-15-18-7-3-2-4-8-18/h2-14H,15-16H2,1H3,(H,27,32). The minimum atomic E-state index is -0.261. The number of nitrogens with one attached hydrogen (secondary N) is 1. The van der Waals surface area contributed by atoms with E-state index in [9.17, 15) is 9.59 Å². The Bertz CT molecular complexity index is 1550. The molecule has 0 aliphatic carbocycles. The van der Waals surface area contributed by atoms with Crippen LogP contribution < -0.4 is 10.9 Å². The predicted octanol–water partition coefficient (Wildman–Crippen LogP) is 4.77. The average Bonchev–Trinajstić information content (AvgIpc) is 3.37. The minimum Gasteiger partial charge on any atom is -0.346 e. The summed E-state index contributed by atoms with van der Waals surface area (Å²) in [6, 6.07) is 24.8. The van der Waals surface area contributed by atoms with E-state index in [2.05, 4.69) is 15.5 Å². The zero-order valence-corrected chi connectivity index (χ0v) is 20.5. The molecule has 0 radical (unpaired) electrons. The molecule has 35 heavy (non-hydrogen) atoms. The number of carbonyl (C=O) groups excluding carboxylic acids is 1. The summed E-state index contributed by atoms with van der Waals surface area (Å²) in [5, 5.41) is 13.2. The maximum absolute atomic E-state index is 13.4. The lowest BCUT2D eigenvalue weighted by atomic mass is 10.2. The van der Waals surface area contributed by atoms with Gasteiger partial charge in [0, 0.05) is 6.54 Å². The zero-order chi connectivity index (χ0) is 24.2. The molecule has 0 unspecified atom stereocenters. The highest BCUT2D eigenvalue weighted by Gasteiger charge is 2.16. The maximum atomic E-state index is 13.4. The first-order chi connectivity index (χ1) is 17.1. The fourth-order valence-electron chi connectivity index (χ4n) is 3.51. The van der Waals surface area contributed by atoms with E-state index in [1.165, 1.54) is 23.1 Å². The summed E-state index contributed by atoms with van der Waals surface area (Å²) in [5.74, 6) is 0.170. The quantitative estimate of drug-likeness (QED) is 0.256. The molecule has 0 saturated carbocycles. The maximum Gasteiger partial charge on any atom is 0.282 e. The molecule has 5 aromatic rings. The van der Waals surface area contributed by atoms with Gasteiger partial charge in [-0.15, -0.1) is 10.2 Å². The van der Waals surface area contributed by atoms with Gasteiger partial charge in [-0.2, -0.15) is 0 Å². The second-order valence-corrected chi connectivity index (χ2v) is 9.85. The Labute approximate surface area is 209 Å². The molecule has 1 N–H and O–H groups in total. The van der Waals surface area contributed by atoms with Crippen LogP contribution in [-0.4, -0.2) is 25.7 Å². The molecule has 2 heterocycles. The van der Waals surface area contributed by atoms with Crippen LogP contribution in [0.25, 0.3) is 16.6 Å². The van der Waals surface area contributed by atoms with Crippen molar-refractivity contribution in [2.45, 2.75) is 24.4 Å². The fourth-order valence-corrected chi connectivity index (χ4v) is 5.27. The minimum absolute atomic E-state index is 0.125. The van der Waals surface area contributed by atoms with Gasteiger partial charge >= 0.3 is 0 Å². The molecule has 2 aromatic heterocycles. The van der Waals surface area contributed by atoms with E-state index in [0.29, 0.717) is 38.4 Å². The van der Waals surface area contributed by atoms with Gasteiger partial charge < -0.3 is 5.32 Å². The highest BCUT2D eigenvalue weighted by molar-refractivity contribution is 7.98. The predicted molar refractivity (Wildman–Crippen MR) is 139 cm³/mol. The van der Waals surface area contributed by atoms with Crippen molar-refractivity contribution in [1.82, 2.24) is 25.1 Å². The third kappa shape index (κ3) is 5.16. The van der Waals surface area contributed by atoms with Gasteiger partial charge in [0.1, 0.15) is 5.01 Å². The number of para-hydroxylation sites is 1. The van der Waals surface area contributed by atoms with Crippen LogP contribution in [0.1, 0.15) is 25.9 Å². The van der Waals surface area contributed by atoms with Gasteiger partial charge in [0.25, 0.3) is 11.5 Å². The molecule has 9 heteroatoms. The molecule has 174 valence electrons. The molecule has 0 aliphatic rings. The zero-order valence-electron chi connectivity index (χ0n) is 18.8. The molecule has 3 aromatic carbocycles. The molecule has 0 atom stereocenters. The van der Waals surface area contributed by atoms with Crippen LogP contribution in [0.3, 0.4) is 0 Å². The molecular weight excluding hydrogens is 478 g/mol. The molecule has 1 amide bonds. The van der Waals surface area contributed by atoms with Crippen LogP contribution in [0.4, 0.5) is 0 Å². The summed E-state index contributed by atoms with van der Waals surface area (Å²) in [5.41, 5.74) is 3.38. The van der Waals surface area contributed by atoms with Crippen molar-refractivity contribution < 1.29 is 4.79 Å². The largest absolute Gasteiger partial charge is 0.346 e. The van der Waals surface area contributed by atoms with Crippen LogP contribution in [0, 0.1) is 6.92 Å². The number of amides is 1. The smallest absolute Gasteiger partial charge is 0.282 e. The molecule has 5 rings (SSSR count). The van der Waals surface area contributed by atoms with E-state index < -0.39 is 0 Å². The third-order valence-corrected chi connectivity index (χ3v) is 7.37. The van der Waals surface area contributed by atoms with Crippen molar-refractivity contribution in [1.29, 1.82) is 0 Å². The van der Waals surface area contributed by atoms with E-state index in [0.717, 1.165) is 16.8 Å². The summed E-state index contributed by atoms with van der Waals surface area (Å²) in [6.07, 6.45) is 0. The number of aromatic nitrogens is 4. The van der Waals surface area contributed by atoms with Crippen molar-refractivity contribution in [2.24, 2.45) is 0 Å². The number of nitrogens with zero attached hydrogens (tertiary/aromatic N) is 4. The van der Waals surface area contributed by atoms with Crippen LogP contribution in [0.15, 0.2) is 88.8 Å². The first-order valence-electron chi connectivity index (χ1n) is 10.9. The third-order valence-electron chi connectivity index (χ3n) is 5.32. The number of aryl methyl sites for hydroxylation is 1. The second kappa shape index (κ2) is 10.2. The lowest BCUT2D eigenvalue weighted by Crippen LogP contribution is -2.22. The first kappa shape index (κ1) is 22.9. The normalized spacial score (nSPS) is 11.0. The first-order valence-corrected chi connectivity index (χ1v) is 12.7. The molecule has 0 bridgehead atoms. The van der Waals surface area contributed by atoms with E-state index in [1.807, 2.05) is 79.7 Å². The molecule has 0 saturated heterocycles. The van der Waals surface area contributed by atoms with Gasteiger partial charge in [-0.1, -0.05) is 83.3 Å². The fraction of sp³-hybridized carbons (Fsp3) is 0.115. The molecule has 0 fully saturated rings. The Morgan fingerprint density at radius 1 is 0.971 bits per heavy atom. The lowest BCUT2D eigenvalue weighted by Gasteiger charge is -2.13. The summed E-state index contributed by atoms with van der Waals surface area (Å²) in [7, 11) is 0. The Balaban J connectivity index is 1.37. The van der Waals surface area contributed by atoms with E-state index in [-0.39, 0.29) is 11.5 Å². The SMILES string of the molecule is Cc1ccc(-n2c(SCc3nnc(C(=O)NCc4ccccc4)s3)nc3ccccc3c2=O)cc1. The number of benzene rings is 3. The topological polar surface area (TPSA) is 89.8 Å². The van der Waals surface area contributed by atoms with E-state index in [1.54, 1.807) is 10.6 Å². The molecule has 7 nitrogen and oxygen atoms in total. The van der Waals surface area contributed by atoms with Crippen LogP contribution >= 0.6 is 23.1 Å². The molecule has 0 spiro atoms. The van der Waals surface area contributed by atoms with Crippen molar-refractivity contribution in [3.8, 4) is 5.69 Å². The van der Waals surface area contributed by atoms with Crippen molar-refractivity contribution >= 4 is 39.9 Å². The van der Waals surface area contributed by atoms with Gasteiger partial charge in [0.2, 0.25) is 5.01 Å². The molecule has 0 aliphatic heterocycles. The second-order valence-electron chi connectivity index (χ2n) is 7.85. The van der Waals surface area contributed by atoms with Crippen LogP contribution in [0.5, 0.6) is 0 Å². The lowest BCUT2D eigenvalue weighted by molar-refractivity contribution is 0.0950. The Kier molecular flexibility index (Phi) is 6.69. The Hall–Kier alpha value is -3.82. The number of hydrogen-bond acceptors (Lipinski definition) is 7. The number of fused-ring (bicyclic) bond motifs is 1. The van der Waals surface area contributed by atoms with Crippen molar-refractivity contribution in [2.75, 3.05) is 0 Å². The monoisotopic (exact) mass is 499 g/mol. The van der Waals surface area contributed by atoms with Crippen molar-refractivity contribution in [3.05, 3.63) is 110 Å². The van der Waals surface area contributed by atoms with Gasteiger partial charge in [-0.3, -0.25) is 14.2 Å². The number of hydrogen-bond donors (Lipinski definition) is 1. The summed E-state index contributed by atoms with van der Waals surface area (Å²) in [4.78, 5) is 30.6. The van der Waals surface area contributed by atoms with Gasteiger partial charge in [-0.25, -0.2) is 4.98 Å². The van der Waals surface area contributed by atoms with E-state index >= 15 is 0 Å². The molecular formula is C26H21N5O2S2. The van der Waals surface area contributed by atoms with Gasteiger partial charge in [-0.05, 0) is 36.8 Å². The van der Waals surface area contributed by atoms with Crippen molar-refractivity contribution in [3.63, 3.8) is 0 Å². The Morgan fingerprint density at radius 3 is 2.51 bits per heavy atom. The summed E-state index contributed by atoms with van der Waals surface area (Å²) < 4.78 is 1.63. The van der Waals surface area contributed by atoms with Gasteiger partial charge in [0.05, 0.1) is 22.3 Å². The average molecular weight is 500 g/mol. The Morgan fingerprint density at radius 2 is 1.71 bits per heavy atom. The van der Waals surface area contributed by atoms with Gasteiger partial charge in [0.15, 0.2) is 5.16 Å². The summed E-state index contributed by atoms with van der Waals surface area (Å²) in [6.45, 7) is 2.43. The highest BCUT2D eigenvalue weighted by atomic mass is 32.2. The van der Waals surface area contributed by atoms with E-state index in [4.69, 9.17) is 4.98 Å². The van der Waals surface area contributed by atoms with Crippen LogP contribution in [-0.2, 0) is 12.3 Å². The summed E-state index contributed by atoms with van der Waals surface area (Å²) >= 11 is 2.63.